The lowest BCUT2D eigenvalue weighted by Gasteiger charge is -2.38. The largest absolute Gasteiger partial charge is 0.496 e. The van der Waals surface area contributed by atoms with Crippen LogP contribution in [0.5, 0.6) is 5.75 Å². The zero-order chi connectivity index (χ0) is 23.9. The molecule has 1 aliphatic rings. The maximum absolute atomic E-state index is 14.5. The molecule has 10 heteroatoms. The summed E-state index contributed by atoms with van der Waals surface area (Å²) in [7, 11) is 1.27. The maximum Gasteiger partial charge on any atom is 0.418 e. The Balaban J connectivity index is 1.94. The molecule has 0 aliphatic carbocycles. The highest BCUT2D eigenvalue weighted by Crippen LogP contribution is 2.44. The topological polar surface area (TPSA) is 70.6 Å². The van der Waals surface area contributed by atoms with Gasteiger partial charge >= 0.3 is 6.18 Å². The van der Waals surface area contributed by atoms with E-state index in [1.54, 1.807) is 0 Å². The van der Waals surface area contributed by atoms with Gasteiger partial charge < -0.3 is 20.5 Å². The molecule has 3 rings (SSSR count). The summed E-state index contributed by atoms with van der Waals surface area (Å²) >= 11 is 0. The number of hydrogen-bond donors (Lipinski definition) is 3. The van der Waals surface area contributed by atoms with Crippen LogP contribution in [0.25, 0.3) is 0 Å². The monoisotopic (exact) mass is 458 g/mol. The summed E-state index contributed by atoms with van der Waals surface area (Å²) in [6.07, 6.45) is -6.01. The number of nitrogens with one attached hydrogen (secondary N) is 2. The maximum atomic E-state index is 14.5. The zero-order valence-corrected chi connectivity index (χ0v) is 17.7. The third-order valence-corrected chi connectivity index (χ3v) is 5.59. The second-order valence-corrected chi connectivity index (χ2v) is 8.42. The summed E-state index contributed by atoms with van der Waals surface area (Å²) < 4.78 is 75.6. The predicted molar refractivity (Wildman–Crippen MR) is 108 cm³/mol. The summed E-state index contributed by atoms with van der Waals surface area (Å²) in [5, 5.41) is 15.6. The van der Waals surface area contributed by atoms with Gasteiger partial charge in [0.1, 0.15) is 17.4 Å². The first-order valence-electron chi connectivity index (χ1n) is 9.76. The van der Waals surface area contributed by atoms with Gasteiger partial charge in [0.25, 0.3) is 5.91 Å². The number of anilines is 1. The predicted octanol–water partition coefficient (Wildman–Crippen LogP) is 4.29. The number of carbonyl (C=O) groups excluding carboxylic acids is 1. The molecule has 174 valence electrons. The molecule has 1 amide bonds. The van der Waals surface area contributed by atoms with Crippen molar-refractivity contribution in [3.05, 3.63) is 58.7 Å². The van der Waals surface area contributed by atoms with E-state index in [0.29, 0.717) is 5.56 Å². The van der Waals surface area contributed by atoms with Gasteiger partial charge in [0, 0.05) is 28.9 Å². The first-order valence-corrected chi connectivity index (χ1v) is 9.76. The van der Waals surface area contributed by atoms with Crippen molar-refractivity contribution >= 4 is 11.6 Å². The number of hydrogen-bond acceptors (Lipinski definition) is 4. The second-order valence-electron chi connectivity index (χ2n) is 8.42. The van der Waals surface area contributed by atoms with Crippen LogP contribution in [-0.4, -0.2) is 36.4 Å². The van der Waals surface area contributed by atoms with Crippen molar-refractivity contribution < 1.29 is 36.6 Å². The average molecular weight is 458 g/mol. The highest BCUT2D eigenvalue weighted by atomic mass is 19.4. The Labute approximate surface area is 181 Å². The van der Waals surface area contributed by atoms with Gasteiger partial charge in [-0.1, -0.05) is 19.9 Å². The molecular formula is C22H23F5N2O3. The highest BCUT2D eigenvalue weighted by Gasteiger charge is 2.56. The highest BCUT2D eigenvalue weighted by molar-refractivity contribution is 6.00. The van der Waals surface area contributed by atoms with E-state index >= 15 is 0 Å². The molecule has 32 heavy (non-hydrogen) atoms. The molecule has 1 heterocycles. The summed E-state index contributed by atoms with van der Waals surface area (Å²) in [4.78, 5) is 11.8. The molecule has 0 bridgehead atoms. The standard InChI is InChI=1S/C22H23F5N2O3/c1-20(2,18-15(24)5-4-6-17(18)32-3)10-21(31,22(25,26)27)11-29-16-8-12(23)7-13-14(16)9-28-19(13)30/h4-8,29,31H,9-11H2,1-3H3,(H,28,30). The van der Waals surface area contributed by atoms with E-state index < -0.39 is 47.7 Å². The van der Waals surface area contributed by atoms with E-state index in [2.05, 4.69) is 10.6 Å². The number of fused-ring (bicyclic) bond motifs is 1. The van der Waals surface area contributed by atoms with Crippen LogP contribution >= 0.6 is 0 Å². The molecule has 0 radical (unpaired) electrons. The molecule has 0 saturated carbocycles. The van der Waals surface area contributed by atoms with Gasteiger partial charge in [-0.15, -0.1) is 0 Å². The fraction of sp³-hybridized carbons (Fsp3) is 0.409. The molecule has 0 aromatic heterocycles. The van der Waals surface area contributed by atoms with E-state index in [1.165, 1.54) is 33.1 Å². The van der Waals surface area contributed by atoms with Crippen LogP contribution in [0.1, 0.15) is 41.8 Å². The molecule has 2 aromatic carbocycles. The Morgan fingerprint density at radius 3 is 2.50 bits per heavy atom. The van der Waals surface area contributed by atoms with Crippen molar-refractivity contribution in [2.24, 2.45) is 0 Å². The first kappa shape index (κ1) is 23.8. The number of amides is 1. The van der Waals surface area contributed by atoms with Crippen molar-refractivity contribution in [2.75, 3.05) is 19.0 Å². The van der Waals surface area contributed by atoms with Crippen LogP contribution in [-0.2, 0) is 12.0 Å². The van der Waals surface area contributed by atoms with Gasteiger partial charge in [-0.25, -0.2) is 8.78 Å². The molecule has 0 fully saturated rings. The van der Waals surface area contributed by atoms with E-state index in [1.807, 2.05) is 0 Å². The third kappa shape index (κ3) is 4.36. The third-order valence-electron chi connectivity index (χ3n) is 5.59. The summed E-state index contributed by atoms with van der Waals surface area (Å²) in [5.74, 6) is -2.06. The zero-order valence-electron chi connectivity index (χ0n) is 17.7. The van der Waals surface area contributed by atoms with E-state index in [9.17, 15) is 31.9 Å². The van der Waals surface area contributed by atoms with Gasteiger partial charge in [-0.05, 0) is 36.1 Å². The number of ether oxygens (including phenoxy) is 1. The van der Waals surface area contributed by atoms with Crippen molar-refractivity contribution in [3.63, 3.8) is 0 Å². The summed E-state index contributed by atoms with van der Waals surface area (Å²) in [6, 6.07) is 5.84. The average Bonchev–Trinajstić information content (AvgIpc) is 3.05. The first-order chi connectivity index (χ1) is 14.8. The van der Waals surface area contributed by atoms with Crippen molar-refractivity contribution in [1.29, 1.82) is 0 Å². The molecule has 5 nitrogen and oxygen atoms in total. The fourth-order valence-corrected chi connectivity index (χ4v) is 4.11. The van der Waals surface area contributed by atoms with Crippen LogP contribution in [0.4, 0.5) is 27.6 Å². The lowest BCUT2D eigenvalue weighted by Crippen LogP contribution is -2.54. The van der Waals surface area contributed by atoms with E-state index in [-0.39, 0.29) is 29.1 Å². The van der Waals surface area contributed by atoms with Crippen molar-refractivity contribution in [1.82, 2.24) is 5.32 Å². The summed E-state index contributed by atoms with van der Waals surface area (Å²) in [5.41, 5.74) is -4.63. The minimum absolute atomic E-state index is 0.0130. The minimum atomic E-state index is -5.10. The Hall–Kier alpha value is -2.88. The van der Waals surface area contributed by atoms with Crippen molar-refractivity contribution in [2.45, 2.75) is 44.0 Å². The fourth-order valence-electron chi connectivity index (χ4n) is 4.11. The van der Waals surface area contributed by atoms with Gasteiger partial charge in [0.15, 0.2) is 5.60 Å². The molecule has 3 N–H and O–H groups in total. The molecule has 2 aromatic rings. The second kappa shape index (κ2) is 8.23. The number of halogens is 5. The Bertz CT molecular complexity index is 1040. The Morgan fingerprint density at radius 1 is 1.19 bits per heavy atom. The van der Waals surface area contributed by atoms with Crippen LogP contribution in [0.3, 0.4) is 0 Å². The molecule has 1 aliphatic heterocycles. The van der Waals surface area contributed by atoms with Crippen LogP contribution in [0.2, 0.25) is 0 Å². The lowest BCUT2D eigenvalue weighted by atomic mass is 9.74. The van der Waals surface area contributed by atoms with E-state index in [4.69, 9.17) is 4.74 Å². The number of alkyl halides is 3. The Morgan fingerprint density at radius 2 is 1.88 bits per heavy atom. The van der Waals surface area contributed by atoms with Gasteiger partial charge in [0.05, 0.1) is 13.7 Å². The molecule has 0 spiro atoms. The van der Waals surface area contributed by atoms with E-state index in [0.717, 1.165) is 18.2 Å². The number of benzene rings is 2. The number of methoxy groups -OCH3 is 1. The van der Waals surface area contributed by atoms with Crippen molar-refractivity contribution in [3.8, 4) is 5.75 Å². The van der Waals surface area contributed by atoms with Crippen LogP contribution in [0.15, 0.2) is 30.3 Å². The summed E-state index contributed by atoms with van der Waals surface area (Å²) in [6.45, 7) is 1.71. The SMILES string of the molecule is COc1cccc(F)c1C(C)(C)CC(O)(CNc1cc(F)cc2c1CNC2=O)C(F)(F)F. The normalized spacial score (nSPS) is 15.7. The van der Waals surface area contributed by atoms with Crippen LogP contribution in [0, 0.1) is 11.6 Å². The number of rotatable bonds is 7. The lowest BCUT2D eigenvalue weighted by molar-refractivity contribution is -0.260. The molecule has 1 unspecified atom stereocenters. The van der Waals surface area contributed by atoms with Gasteiger partial charge in [0.2, 0.25) is 0 Å². The van der Waals surface area contributed by atoms with Crippen LogP contribution < -0.4 is 15.4 Å². The number of carbonyl (C=O) groups is 1. The van der Waals surface area contributed by atoms with Gasteiger partial charge in [-0.3, -0.25) is 4.79 Å². The smallest absolute Gasteiger partial charge is 0.418 e. The molecular weight excluding hydrogens is 435 g/mol. The quantitative estimate of drug-likeness (QED) is 0.542. The minimum Gasteiger partial charge on any atom is -0.496 e. The molecule has 0 saturated heterocycles. The van der Waals surface area contributed by atoms with Gasteiger partial charge in [-0.2, -0.15) is 13.2 Å². The number of aliphatic hydroxyl groups is 1. The molecule has 1 atom stereocenters. The Kier molecular flexibility index (Phi) is 6.12.